The summed E-state index contributed by atoms with van der Waals surface area (Å²) >= 11 is 0. The lowest BCUT2D eigenvalue weighted by atomic mass is 9.98. The molecule has 2 heterocycles. The highest BCUT2D eigenvalue weighted by Gasteiger charge is 2.46. The SMILES string of the molecule is COc1ccc(S(=O)(=O)[C@H]2CS(=O)(=O)C[C@@H]2NCC(C)(C)N2CCCCC2)cc1OC. The summed E-state index contributed by atoms with van der Waals surface area (Å²) in [5.74, 6) is 0.143. The predicted molar refractivity (Wildman–Crippen MR) is 120 cm³/mol. The normalized spacial score (nSPS) is 24.8. The summed E-state index contributed by atoms with van der Waals surface area (Å²) in [5.41, 5.74) is -0.190. The Morgan fingerprint density at radius 3 is 2.32 bits per heavy atom. The number of hydrogen-bond acceptors (Lipinski definition) is 8. The van der Waals surface area contributed by atoms with Crippen LogP contribution in [0.25, 0.3) is 0 Å². The van der Waals surface area contributed by atoms with Crippen molar-refractivity contribution in [1.29, 1.82) is 0 Å². The van der Waals surface area contributed by atoms with Crippen LogP contribution in [-0.4, -0.2) is 83.9 Å². The number of sulfone groups is 2. The quantitative estimate of drug-likeness (QED) is 0.605. The van der Waals surface area contributed by atoms with E-state index in [-0.39, 0.29) is 21.9 Å². The van der Waals surface area contributed by atoms with Gasteiger partial charge in [-0.15, -0.1) is 0 Å². The van der Waals surface area contributed by atoms with Crippen LogP contribution in [0.5, 0.6) is 11.5 Å². The van der Waals surface area contributed by atoms with E-state index in [1.165, 1.54) is 38.8 Å². The van der Waals surface area contributed by atoms with Gasteiger partial charge in [0.05, 0.1) is 35.9 Å². The highest BCUT2D eigenvalue weighted by atomic mass is 32.2. The van der Waals surface area contributed by atoms with Crippen LogP contribution in [0, 0.1) is 0 Å². The molecule has 10 heteroatoms. The second-order valence-corrected chi connectivity index (χ2v) is 13.3. The lowest BCUT2D eigenvalue weighted by Crippen LogP contribution is -2.56. The molecule has 1 aromatic rings. The number of ether oxygens (including phenoxy) is 2. The van der Waals surface area contributed by atoms with Gasteiger partial charge in [0.25, 0.3) is 0 Å². The molecule has 176 valence electrons. The maximum atomic E-state index is 13.4. The summed E-state index contributed by atoms with van der Waals surface area (Å²) in [4.78, 5) is 2.43. The van der Waals surface area contributed by atoms with Gasteiger partial charge in [0.15, 0.2) is 31.2 Å². The van der Waals surface area contributed by atoms with Crippen LogP contribution in [0.1, 0.15) is 33.1 Å². The van der Waals surface area contributed by atoms with Crippen LogP contribution in [0.4, 0.5) is 0 Å². The van der Waals surface area contributed by atoms with Gasteiger partial charge in [-0.1, -0.05) is 6.42 Å². The van der Waals surface area contributed by atoms with E-state index in [1.54, 1.807) is 0 Å². The molecule has 0 bridgehead atoms. The van der Waals surface area contributed by atoms with Gasteiger partial charge in [0.1, 0.15) is 0 Å². The summed E-state index contributed by atoms with van der Waals surface area (Å²) < 4.78 is 62.1. The molecule has 0 spiro atoms. The minimum Gasteiger partial charge on any atom is -0.493 e. The third-order valence-corrected chi connectivity index (χ3v) is 10.5. The monoisotopic (exact) mass is 474 g/mol. The van der Waals surface area contributed by atoms with Gasteiger partial charge in [-0.3, -0.25) is 4.90 Å². The van der Waals surface area contributed by atoms with E-state index in [4.69, 9.17) is 9.47 Å². The molecular weight excluding hydrogens is 440 g/mol. The average molecular weight is 475 g/mol. The van der Waals surface area contributed by atoms with Crippen molar-refractivity contribution < 1.29 is 26.3 Å². The van der Waals surface area contributed by atoms with E-state index in [0.717, 1.165) is 25.9 Å². The Morgan fingerprint density at radius 1 is 1.06 bits per heavy atom. The minimum atomic E-state index is -3.90. The van der Waals surface area contributed by atoms with Gasteiger partial charge < -0.3 is 14.8 Å². The van der Waals surface area contributed by atoms with E-state index >= 15 is 0 Å². The molecule has 0 amide bonds. The molecule has 0 aliphatic carbocycles. The maximum absolute atomic E-state index is 13.4. The number of hydrogen-bond donors (Lipinski definition) is 1. The van der Waals surface area contributed by atoms with Crippen molar-refractivity contribution >= 4 is 19.7 Å². The molecule has 8 nitrogen and oxygen atoms in total. The molecule has 1 aromatic carbocycles. The highest BCUT2D eigenvalue weighted by molar-refractivity contribution is 7.96. The first-order valence-electron chi connectivity index (χ1n) is 10.6. The lowest BCUT2D eigenvalue weighted by Gasteiger charge is -2.42. The molecule has 2 aliphatic rings. The van der Waals surface area contributed by atoms with Crippen molar-refractivity contribution in [2.24, 2.45) is 0 Å². The first kappa shape index (κ1) is 24.3. The van der Waals surface area contributed by atoms with Crippen molar-refractivity contribution in [2.45, 2.75) is 54.8 Å². The summed E-state index contributed by atoms with van der Waals surface area (Å²) in [6.07, 6.45) is 3.53. The van der Waals surface area contributed by atoms with Crippen molar-refractivity contribution in [3.8, 4) is 11.5 Å². The van der Waals surface area contributed by atoms with E-state index in [0.29, 0.717) is 18.0 Å². The number of nitrogens with one attached hydrogen (secondary N) is 1. The third-order valence-electron chi connectivity index (χ3n) is 6.39. The molecule has 2 fully saturated rings. The standard InChI is InChI=1S/C21H34N2O6S2/c1-21(2,23-10-6-5-7-11-23)15-22-17-13-30(24,25)14-20(17)31(26,27)16-8-9-18(28-3)19(12-16)29-4/h8-9,12,17,20,22H,5-7,10-11,13-15H2,1-4H3/t17-,20-/m0/s1. The number of methoxy groups -OCH3 is 2. The minimum absolute atomic E-state index is 0.0364. The fraction of sp³-hybridized carbons (Fsp3) is 0.714. The maximum Gasteiger partial charge on any atom is 0.183 e. The molecule has 2 atom stereocenters. The van der Waals surface area contributed by atoms with Gasteiger partial charge in [-0.05, 0) is 51.9 Å². The lowest BCUT2D eigenvalue weighted by molar-refractivity contribution is 0.0925. The zero-order valence-corrected chi connectivity index (χ0v) is 20.4. The van der Waals surface area contributed by atoms with Crippen LogP contribution in [0.3, 0.4) is 0 Å². The molecule has 31 heavy (non-hydrogen) atoms. The second-order valence-electron chi connectivity index (χ2n) is 9.02. The van der Waals surface area contributed by atoms with Crippen molar-refractivity contribution in [3.05, 3.63) is 18.2 Å². The van der Waals surface area contributed by atoms with Crippen LogP contribution in [0.2, 0.25) is 0 Å². The number of rotatable bonds is 8. The van der Waals surface area contributed by atoms with E-state index < -0.39 is 31.0 Å². The van der Waals surface area contributed by atoms with Crippen molar-refractivity contribution in [1.82, 2.24) is 10.2 Å². The zero-order valence-electron chi connectivity index (χ0n) is 18.8. The van der Waals surface area contributed by atoms with E-state index in [9.17, 15) is 16.8 Å². The number of likely N-dealkylation sites (tertiary alicyclic amines) is 1. The molecule has 0 radical (unpaired) electrons. The number of nitrogens with zero attached hydrogens (tertiary/aromatic N) is 1. The van der Waals surface area contributed by atoms with Gasteiger partial charge in [-0.2, -0.15) is 0 Å². The van der Waals surface area contributed by atoms with Gasteiger partial charge in [0.2, 0.25) is 0 Å². The first-order valence-corrected chi connectivity index (χ1v) is 14.0. The van der Waals surface area contributed by atoms with Gasteiger partial charge in [0, 0.05) is 24.2 Å². The smallest absolute Gasteiger partial charge is 0.183 e. The Kier molecular flexibility index (Phi) is 7.25. The van der Waals surface area contributed by atoms with Crippen LogP contribution < -0.4 is 14.8 Å². The fourth-order valence-electron chi connectivity index (χ4n) is 4.47. The second kappa shape index (κ2) is 9.25. The van der Waals surface area contributed by atoms with E-state index in [1.807, 2.05) is 0 Å². The Balaban J connectivity index is 1.82. The molecule has 2 saturated heterocycles. The molecule has 3 rings (SSSR count). The molecule has 2 aliphatic heterocycles. The Bertz CT molecular complexity index is 985. The van der Waals surface area contributed by atoms with Crippen molar-refractivity contribution in [3.63, 3.8) is 0 Å². The van der Waals surface area contributed by atoms with Crippen LogP contribution in [0.15, 0.2) is 23.1 Å². The van der Waals surface area contributed by atoms with Crippen LogP contribution in [-0.2, 0) is 19.7 Å². The number of piperidine rings is 1. The molecular formula is C21H34N2O6S2. The third kappa shape index (κ3) is 5.35. The topological polar surface area (TPSA) is 102 Å². The van der Waals surface area contributed by atoms with Crippen molar-refractivity contribution in [2.75, 3.05) is 45.4 Å². The van der Waals surface area contributed by atoms with Gasteiger partial charge >= 0.3 is 0 Å². The Labute approximate surface area is 186 Å². The Morgan fingerprint density at radius 2 is 1.71 bits per heavy atom. The molecule has 0 aromatic heterocycles. The largest absolute Gasteiger partial charge is 0.493 e. The average Bonchev–Trinajstić information content (AvgIpc) is 3.07. The predicted octanol–water partition coefficient (Wildman–Crippen LogP) is 1.50. The van der Waals surface area contributed by atoms with E-state index in [2.05, 4.69) is 24.1 Å². The summed E-state index contributed by atoms with van der Waals surface area (Å²) in [7, 11) is -4.46. The first-order chi connectivity index (χ1) is 14.5. The Hall–Kier alpha value is -1.36. The highest BCUT2D eigenvalue weighted by Crippen LogP contribution is 2.33. The molecule has 0 unspecified atom stereocenters. The van der Waals surface area contributed by atoms with Crippen LogP contribution >= 0.6 is 0 Å². The summed E-state index contributed by atoms with van der Waals surface area (Å²) in [6, 6.07) is 3.70. The summed E-state index contributed by atoms with van der Waals surface area (Å²) in [5, 5.41) is 2.25. The molecule has 1 N–H and O–H groups in total. The summed E-state index contributed by atoms with van der Waals surface area (Å²) in [6.45, 7) is 6.76. The zero-order chi connectivity index (χ0) is 22.9. The van der Waals surface area contributed by atoms with Gasteiger partial charge in [-0.25, -0.2) is 16.8 Å². The number of benzene rings is 1. The molecule has 0 saturated carbocycles. The fourth-order valence-corrected chi connectivity index (χ4v) is 9.20.